The number of benzene rings is 1. The van der Waals surface area contributed by atoms with Gasteiger partial charge in [0.15, 0.2) is 0 Å². The zero-order valence-electron chi connectivity index (χ0n) is 15.7. The zero-order chi connectivity index (χ0) is 18.5. The lowest BCUT2D eigenvalue weighted by atomic mass is 9.80. The summed E-state index contributed by atoms with van der Waals surface area (Å²) in [5.74, 6) is -0.0384. The number of hydrogen-bond acceptors (Lipinski definition) is 5. The van der Waals surface area contributed by atoms with Gasteiger partial charge < -0.3 is 14.1 Å². The highest BCUT2D eigenvalue weighted by molar-refractivity contribution is 5.88. The van der Waals surface area contributed by atoms with Crippen molar-refractivity contribution in [2.45, 2.75) is 52.0 Å². The van der Waals surface area contributed by atoms with Gasteiger partial charge in [-0.25, -0.2) is 4.79 Å². The molecule has 0 saturated heterocycles. The van der Waals surface area contributed by atoms with E-state index in [1.165, 1.54) is 12.7 Å². The first-order chi connectivity index (χ1) is 11.7. The van der Waals surface area contributed by atoms with Crippen LogP contribution in [0.1, 0.15) is 49.8 Å². The minimum atomic E-state index is -0.471. The molecule has 25 heavy (non-hydrogen) atoms. The molecule has 0 bridgehead atoms. The Morgan fingerprint density at radius 1 is 1.40 bits per heavy atom. The normalized spacial score (nSPS) is 19.0. The van der Waals surface area contributed by atoms with Crippen molar-refractivity contribution in [3.63, 3.8) is 0 Å². The summed E-state index contributed by atoms with van der Waals surface area (Å²) in [5, 5.41) is 0.886. The Hall–Kier alpha value is -2.30. The summed E-state index contributed by atoms with van der Waals surface area (Å²) in [5.41, 5.74) is 3.64. The molecule has 0 fully saturated rings. The lowest BCUT2D eigenvalue weighted by molar-refractivity contribution is -0.139. The highest BCUT2D eigenvalue weighted by Crippen LogP contribution is 2.44. The molecule has 2 heterocycles. The van der Waals surface area contributed by atoms with Crippen LogP contribution in [-0.2, 0) is 16.0 Å². The summed E-state index contributed by atoms with van der Waals surface area (Å²) in [6, 6.07) is 4.07. The van der Waals surface area contributed by atoms with E-state index in [2.05, 4.69) is 38.8 Å². The first kappa shape index (κ1) is 17.5. The van der Waals surface area contributed by atoms with Crippen LogP contribution >= 0.6 is 0 Å². The molecule has 5 nitrogen and oxygen atoms in total. The summed E-state index contributed by atoms with van der Waals surface area (Å²) >= 11 is 0. The maximum atomic E-state index is 12.4. The fourth-order valence-corrected chi connectivity index (χ4v) is 3.87. The second-order valence-electron chi connectivity index (χ2n) is 7.63. The first-order valence-electron chi connectivity index (χ1n) is 8.56. The van der Waals surface area contributed by atoms with Crippen molar-refractivity contribution < 1.29 is 13.9 Å². The quantitative estimate of drug-likeness (QED) is 0.616. The van der Waals surface area contributed by atoms with Crippen molar-refractivity contribution >= 4 is 22.6 Å². The fourth-order valence-electron chi connectivity index (χ4n) is 3.87. The summed E-state index contributed by atoms with van der Waals surface area (Å²) in [7, 11) is 3.39. The molecule has 1 aromatic heterocycles. The minimum absolute atomic E-state index is 0.0419. The van der Waals surface area contributed by atoms with Crippen LogP contribution in [0.25, 0.3) is 11.0 Å². The Morgan fingerprint density at radius 3 is 2.72 bits per heavy atom. The van der Waals surface area contributed by atoms with Gasteiger partial charge in [0.2, 0.25) is 0 Å². The average Bonchev–Trinajstić information content (AvgIpc) is 2.55. The molecule has 0 spiro atoms. The largest absolute Gasteiger partial charge is 0.469 e. The Labute approximate surface area is 147 Å². The SMILES string of the molecule is COC(=O)Cc1c(C)c2cc3c(cc2oc1=O)N(C)C(C)(C)CC3C. The number of hydrogen-bond donors (Lipinski definition) is 0. The van der Waals surface area contributed by atoms with E-state index in [4.69, 9.17) is 9.15 Å². The van der Waals surface area contributed by atoms with Gasteiger partial charge in [-0.05, 0) is 50.3 Å². The highest BCUT2D eigenvalue weighted by atomic mass is 16.5. The second kappa shape index (κ2) is 5.90. The van der Waals surface area contributed by atoms with E-state index in [0.717, 1.165) is 23.1 Å². The average molecular weight is 343 g/mol. The van der Waals surface area contributed by atoms with E-state index in [0.29, 0.717) is 17.1 Å². The Bertz CT molecular complexity index is 910. The van der Waals surface area contributed by atoms with E-state index in [1.807, 2.05) is 13.0 Å². The van der Waals surface area contributed by atoms with Gasteiger partial charge in [0, 0.05) is 29.7 Å². The molecule has 134 valence electrons. The Balaban J connectivity index is 2.24. The second-order valence-corrected chi connectivity index (χ2v) is 7.63. The van der Waals surface area contributed by atoms with Crippen LogP contribution in [0, 0.1) is 6.92 Å². The Morgan fingerprint density at radius 2 is 2.08 bits per heavy atom. The van der Waals surface area contributed by atoms with Crippen molar-refractivity contribution in [1.82, 2.24) is 0 Å². The lowest BCUT2D eigenvalue weighted by Crippen LogP contribution is -2.45. The van der Waals surface area contributed by atoms with Crippen LogP contribution < -0.4 is 10.5 Å². The third kappa shape index (κ3) is 2.81. The van der Waals surface area contributed by atoms with E-state index in [-0.39, 0.29) is 12.0 Å². The summed E-state index contributed by atoms with van der Waals surface area (Å²) in [6.07, 6.45) is 0.979. The van der Waals surface area contributed by atoms with E-state index in [1.54, 1.807) is 0 Å². The molecular formula is C20H25NO4. The lowest BCUT2D eigenvalue weighted by Gasteiger charge is -2.45. The Kier molecular flexibility index (Phi) is 4.13. The van der Waals surface area contributed by atoms with Crippen molar-refractivity contribution in [3.8, 4) is 0 Å². The van der Waals surface area contributed by atoms with Crippen LogP contribution in [0.2, 0.25) is 0 Å². The van der Waals surface area contributed by atoms with E-state index >= 15 is 0 Å². The van der Waals surface area contributed by atoms with Gasteiger partial charge in [0.25, 0.3) is 0 Å². The van der Waals surface area contributed by atoms with Crippen LogP contribution in [0.5, 0.6) is 0 Å². The number of anilines is 1. The number of ether oxygens (including phenoxy) is 1. The number of carbonyl (C=O) groups is 1. The molecule has 1 aliphatic heterocycles. The number of rotatable bonds is 2. The molecule has 3 rings (SSSR count). The topological polar surface area (TPSA) is 59.8 Å². The maximum Gasteiger partial charge on any atom is 0.340 e. The van der Waals surface area contributed by atoms with Gasteiger partial charge in [-0.3, -0.25) is 4.79 Å². The zero-order valence-corrected chi connectivity index (χ0v) is 15.7. The number of nitrogens with zero attached hydrogens (tertiary/aromatic N) is 1. The van der Waals surface area contributed by atoms with Crippen LogP contribution in [-0.4, -0.2) is 25.7 Å². The van der Waals surface area contributed by atoms with E-state index in [9.17, 15) is 9.59 Å². The van der Waals surface area contributed by atoms with Crippen LogP contribution in [0.3, 0.4) is 0 Å². The molecule has 1 unspecified atom stereocenters. The molecule has 0 aliphatic carbocycles. The number of methoxy groups -OCH3 is 1. The molecule has 1 aromatic carbocycles. The smallest absolute Gasteiger partial charge is 0.340 e. The molecule has 1 aliphatic rings. The minimum Gasteiger partial charge on any atom is -0.469 e. The summed E-state index contributed by atoms with van der Waals surface area (Å²) < 4.78 is 10.2. The van der Waals surface area contributed by atoms with Gasteiger partial charge in [0.1, 0.15) is 5.58 Å². The summed E-state index contributed by atoms with van der Waals surface area (Å²) in [4.78, 5) is 26.2. The fraction of sp³-hybridized carbons (Fsp3) is 0.500. The first-order valence-corrected chi connectivity index (χ1v) is 8.56. The molecule has 0 amide bonds. The van der Waals surface area contributed by atoms with Crippen molar-refractivity contribution in [2.75, 3.05) is 19.1 Å². The summed E-state index contributed by atoms with van der Waals surface area (Å²) in [6.45, 7) is 8.53. The molecule has 2 aromatic rings. The third-order valence-electron chi connectivity index (χ3n) is 5.59. The number of esters is 1. The monoisotopic (exact) mass is 343 g/mol. The van der Waals surface area contributed by atoms with Gasteiger partial charge in [-0.15, -0.1) is 0 Å². The molecule has 0 N–H and O–H groups in total. The highest BCUT2D eigenvalue weighted by Gasteiger charge is 2.34. The third-order valence-corrected chi connectivity index (χ3v) is 5.59. The predicted octanol–water partition coefficient (Wildman–Crippen LogP) is 3.54. The predicted molar refractivity (Wildman–Crippen MR) is 98.5 cm³/mol. The number of carbonyl (C=O) groups excluding carboxylic acids is 1. The van der Waals surface area contributed by atoms with E-state index < -0.39 is 11.6 Å². The number of fused-ring (bicyclic) bond motifs is 2. The van der Waals surface area contributed by atoms with Crippen molar-refractivity contribution in [3.05, 3.63) is 39.2 Å². The van der Waals surface area contributed by atoms with Gasteiger partial charge in [-0.2, -0.15) is 0 Å². The van der Waals surface area contributed by atoms with Gasteiger partial charge >= 0.3 is 11.6 Å². The standard InChI is InChI=1S/C20H25NO4/c1-11-10-20(3,4)21(5)16-9-17-14(7-13(11)16)12(2)15(19(23)25-17)8-18(22)24-6/h7,9,11H,8,10H2,1-6H3. The van der Waals surface area contributed by atoms with Gasteiger partial charge in [0.05, 0.1) is 19.1 Å². The molecular weight excluding hydrogens is 318 g/mol. The van der Waals surface area contributed by atoms with Crippen molar-refractivity contribution in [2.24, 2.45) is 0 Å². The number of aryl methyl sites for hydroxylation is 1. The van der Waals surface area contributed by atoms with Gasteiger partial charge in [-0.1, -0.05) is 6.92 Å². The molecule has 5 heteroatoms. The molecule has 0 saturated carbocycles. The maximum absolute atomic E-state index is 12.4. The van der Waals surface area contributed by atoms with Crippen LogP contribution in [0.4, 0.5) is 5.69 Å². The van der Waals surface area contributed by atoms with Crippen molar-refractivity contribution in [1.29, 1.82) is 0 Å². The van der Waals surface area contributed by atoms with Crippen LogP contribution in [0.15, 0.2) is 21.3 Å². The molecule has 0 radical (unpaired) electrons. The molecule has 1 atom stereocenters.